The molecule has 0 heterocycles. The molecule has 0 aliphatic carbocycles. The molecule has 0 saturated heterocycles. The van der Waals surface area contributed by atoms with E-state index >= 15 is 0 Å². The van der Waals surface area contributed by atoms with Crippen molar-refractivity contribution in [3.63, 3.8) is 0 Å². The van der Waals surface area contributed by atoms with Crippen molar-refractivity contribution in [1.29, 1.82) is 0 Å². The monoisotopic (exact) mass is 494 g/mol. The minimum Gasteiger partial charge on any atom is -0.497 e. The molecular weight excluding hydrogens is 456 g/mol. The van der Waals surface area contributed by atoms with E-state index in [0.717, 1.165) is 23.0 Å². The van der Waals surface area contributed by atoms with Crippen molar-refractivity contribution >= 4 is 0 Å². The van der Waals surface area contributed by atoms with Gasteiger partial charge in [-0.3, -0.25) is 0 Å². The first kappa shape index (κ1) is 28.7. The Morgan fingerprint density at radius 3 is 0.829 bits per heavy atom. The third kappa shape index (κ3) is 14.4. The van der Waals surface area contributed by atoms with Crippen LogP contribution < -0.4 is 18.9 Å². The SMILES string of the molecule is COc1ccc(OCCOCCOCCOCCOCCOCCOc2ccc(OC)cc2)cc1. The van der Waals surface area contributed by atoms with E-state index in [1.807, 2.05) is 48.5 Å². The van der Waals surface area contributed by atoms with Crippen LogP contribution in [0.1, 0.15) is 0 Å². The maximum Gasteiger partial charge on any atom is 0.119 e. The second-order valence-electron chi connectivity index (χ2n) is 7.11. The van der Waals surface area contributed by atoms with Crippen LogP contribution in [0.2, 0.25) is 0 Å². The second kappa shape index (κ2) is 19.7. The maximum absolute atomic E-state index is 5.58. The molecule has 2 aromatic carbocycles. The van der Waals surface area contributed by atoms with Crippen molar-refractivity contribution in [3.05, 3.63) is 48.5 Å². The van der Waals surface area contributed by atoms with Crippen LogP contribution in [0, 0.1) is 0 Å². The van der Waals surface area contributed by atoms with Gasteiger partial charge in [0.05, 0.1) is 80.3 Å². The molecule has 0 spiro atoms. The van der Waals surface area contributed by atoms with E-state index in [-0.39, 0.29) is 0 Å². The summed E-state index contributed by atoms with van der Waals surface area (Å²) < 4.78 is 48.7. The third-order valence-corrected chi connectivity index (χ3v) is 4.60. The topological polar surface area (TPSA) is 83.1 Å². The summed E-state index contributed by atoms with van der Waals surface area (Å²) in [6, 6.07) is 14.9. The fourth-order valence-electron chi connectivity index (χ4n) is 2.76. The van der Waals surface area contributed by atoms with Crippen molar-refractivity contribution in [2.45, 2.75) is 0 Å². The highest BCUT2D eigenvalue weighted by atomic mass is 16.6. The van der Waals surface area contributed by atoms with Crippen molar-refractivity contribution in [3.8, 4) is 23.0 Å². The molecular formula is C26H38O9. The Hall–Kier alpha value is -2.56. The Morgan fingerprint density at radius 2 is 0.571 bits per heavy atom. The van der Waals surface area contributed by atoms with Crippen molar-refractivity contribution in [1.82, 2.24) is 0 Å². The lowest BCUT2D eigenvalue weighted by Crippen LogP contribution is -2.15. The van der Waals surface area contributed by atoms with E-state index in [1.165, 1.54) is 0 Å². The quantitative estimate of drug-likeness (QED) is 0.229. The van der Waals surface area contributed by atoms with Gasteiger partial charge in [0.2, 0.25) is 0 Å². The van der Waals surface area contributed by atoms with Gasteiger partial charge in [0.15, 0.2) is 0 Å². The van der Waals surface area contributed by atoms with Crippen LogP contribution in [0.25, 0.3) is 0 Å². The van der Waals surface area contributed by atoms with Gasteiger partial charge in [0.25, 0.3) is 0 Å². The maximum atomic E-state index is 5.58. The fraction of sp³-hybridized carbons (Fsp3) is 0.538. The minimum absolute atomic E-state index is 0.484. The first-order chi connectivity index (χ1) is 17.3. The van der Waals surface area contributed by atoms with Gasteiger partial charge >= 0.3 is 0 Å². The molecule has 2 rings (SSSR count). The molecule has 196 valence electrons. The summed E-state index contributed by atoms with van der Waals surface area (Å²) in [6.07, 6.45) is 0. The zero-order valence-electron chi connectivity index (χ0n) is 20.8. The van der Waals surface area contributed by atoms with Crippen LogP contribution >= 0.6 is 0 Å². The molecule has 0 saturated carbocycles. The summed E-state index contributed by atoms with van der Waals surface area (Å²) >= 11 is 0. The molecule has 0 unspecified atom stereocenters. The lowest BCUT2D eigenvalue weighted by molar-refractivity contribution is -0.0141. The van der Waals surface area contributed by atoms with Gasteiger partial charge in [-0.05, 0) is 48.5 Å². The Kier molecular flexibility index (Phi) is 16.2. The third-order valence-electron chi connectivity index (χ3n) is 4.60. The highest BCUT2D eigenvalue weighted by Gasteiger charge is 1.98. The zero-order valence-corrected chi connectivity index (χ0v) is 20.8. The van der Waals surface area contributed by atoms with E-state index in [2.05, 4.69) is 0 Å². The van der Waals surface area contributed by atoms with Crippen LogP contribution in [-0.2, 0) is 23.7 Å². The van der Waals surface area contributed by atoms with E-state index < -0.39 is 0 Å². The van der Waals surface area contributed by atoms with Crippen molar-refractivity contribution in [2.75, 3.05) is 93.5 Å². The van der Waals surface area contributed by atoms with E-state index in [0.29, 0.717) is 79.3 Å². The van der Waals surface area contributed by atoms with Crippen LogP contribution in [0.5, 0.6) is 23.0 Å². The Balaban J connectivity index is 1.25. The molecule has 2 aromatic rings. The number of rotatable bonds is 22. The largest absolute Gasteiger partial charge is 0.497 e. The van der Waals surface area contributed by atoms with Crippen molar-refractivity contribution in [2.24, 2.45) is 0 Å². The molecule has 9 nitrogen and oxygen atoms in total. The van der Waals surface area contributed by atoms with Gasteiger partial charge in [-0.25, -0.2) is 0 Å². The number of hydrogen-bond donors (Lipinski definition) is 0. The number of hydrogen-bond acceptors (Lipinski definition) is 9. The molecule has 0 aliphatic rings. The van der Waals surface area contributed by atoms with Crippen LogP contribution in [0.15, 0.2) is 48.5 Å². The van der Waals surface area contributed by atoms with Gasteiger partial charge in [0, 0.05) is 0 Å². The lowest BCUT2D eigenvalue weighted by Gasteiger charge is -2.09. The normalized spacial score (nSPS) is 10.8. The first-order valence-electron chi connectivity index (χ1n) is 11.7. The number of methoxy groups -OCH3 is 2. The molecule has 35 heavy (non-hydrogen) atoms. The van der Waals surface area contributed by atoms with E-state index in [4.69, 9.17) is 42.6 Å². The average Bonchev–Trinajstić information content (AvgIpc) is 2.90. The van der Waals surface area contributed by atoms with Gasteiger partial charge in [-0.2, -0.15) is 0 Å². The van der Waals surface area contributed by atoms with Crippen molar-refractivity contribution < 1.29 is 42.6 Å². The first-order valence-corrected chi connectivity index (χ1v) is 11.7. The summed E-state index contributed by atoms with van der Waals surface area (Å²) in [7, 11) is 3.27. The summed E-state index contributed by atoms with van der Waals surface area (Å²) in [6.45, 7) is 6.10. The minimum atomic E-state index is 0.484. The Morgan fingerprint density at radius 1 is 0.343 bits per heavy atom. The molecule has 0 fully saturated rings. The predicted octanol–water partition coefficient (Wildman–Crippen LogP) is 3.24. The molecule has 0 aliphatic heterocycles. The molecule has 0 N–H and O–H groups in total. The Bertz CT molecular complexity index is 674. The molecule has 9 heteroatoms. The predicted molar refractivity (Wildman–Crippen MR) is 131 cm³/mol. The Labute approximate surface area is 208 Å². The van der Waals surface area contributed by atoms with Gasteiger partial charge in [0.1, 0.15) is 36.2 Å². The summed E-state index contributed by atoms with van der Waals surface area (Å²) in [5.74, 6) is 3.18. The van der Waals surface area contributed by atoms with Crippen LogP contribution in [-0.4, -0.2) is 93.5 Å². The second-order valence-corrected chi connectivity index (χ2v) is 7.11. The zero-order chi connectivity index (χ0) is 24.8. The van der Waals surface area contributed by atoms with E-state index in [9.17, 15) is 0 Å². The average molecular weight is 495 g/mol. The molecule has 0 bridgehead atoms. The number of ether oxygens (including phenoxy) is 9. The van der Waals surface area contributed by atoms with Gasteiger partial charge in [-0.1, -0.05) is 0 Å². The summed E-state index contributed by atoms with van der Waals surface area (Å²) in [5, 5.41) is 0. The smallest absolute Gasteiger partial charge is 0.119 e. The fourth-order valence-corrected chi connectivity index (χ4v) is 2.76. The van der Waals surface area contributed by atoms with Crippen LogP contribution in [0.4, 0.5) is 0 Å². The molecule has 0 radical (unpaired) electrons. The number of benzene rings is 2. The van der Waals surface area contributed by atoms with Gasteiger partial charge < -0.3 is 42.6 Å². The van der Waals surface area contributed by atoms with Crippen LogP contribution in [0.3, 0.4) is 0 Å². The molecule has 0 amide bonds. The van der Waals surface area contributed by atoms with Gasteiger partial charge in [-0.15, -0.1) is 0 Å². The molecule has 0 atom stereocenters. The van der Waals surface area contributed by atoms with E-state index in [1.54, 1.807) is 14.2 Å². The summed E-state index contributed by atoms with van der Waals surface area (Å²) in [4.78, 5) is 0. The standard InChI is InChI=1S/C26H38O9/c1-27-23-3-7-25(8-4-23)34-21-19-32-17-15-30-13-11-29-12-14-31-16-18-33-20-22-35-26-9-5-24(28-2)6-10-26/h3-10H,11-22H2,1-2H3. The highest BCUT2D eigenvalue weighted by Crippen LogP contribution is 2.17. The lowest BCUT2D eigenvalue weighted by atomic mass is 10.3. The highest BCUT2D eigenvalue weighted by molar-refractivity contribution is 5.31. The molecule has 0 aromatic heterocycles. The summed E-state index contributed by atoms with van der Waals surface area (Å²) in [5.41, 5.74) is 0.